The summed E-state index contributed by atoms with van der Waals surface area (Å²) in [6.45, 7) is 4.12. The van der Waals surface area contributed by atoms with E-state index in [4.69, 9.17) is 16.0 Å². The number of amides is 1. The first-order chi connectivity index (χ1) is 10.9. The summed E-state index contributed by atoms with van der Waals surface area (Å²) in [6, 6.07) is 3.93. The molecule has 3 heterocycles. The van der Waals surface area contributed by atoms with Crippen molar-refractivity contribution in [2.75, 3.05) is 27.2 Å². The lowest BCUT2D eigenvalue weighted by atomic mass is 10.1. The molecule has 0 aliphatic carbocycles. The van der Waals surface area contributed by atoms with Gasteiger partial charge in [0.25, 0.3) is 5.91 Å². The monoisotopic (exact) mass is 336 g/mol. The molecule has 3 rings (SSSR count). The molecule has 0 radical (unpaired) electrons. The lowest BCUT2D eigenvalue weighted by Gasteiger charge is -2.22. The van der Waals surface area contributed by atoms with Crippen molar-refractivity contribution >= 4 is 17.5 Å². The summed E-state index contributed by atoms with van der Waals surface area (Å²) in [7, 11) is 4.10. The zero-order valence-corrected chi connectivity index (χ0v) is 14.3. The Hall–Kier alpha value is -1.79. The molecule has 1 amide bonds. The molecule has 0 unspecified atom stereocenters. The maximum absolute atomic E-state index is 12.6. The highest BCUT2D eigenvalue weighted by atomic mass is 35.5. The molecular formula is C16H21ClN4O2. The summed E-state index contributed by atoms with van der Waals surface area (Å²) < 4.78 is 7.37. The minimum atomic E-state index is -0.0500. The van der Waals surface area contributed by atoms with E-state index < -0.39 is 0 Å². The first-order valence-electron chi connectivity index (χ1n) is 7.66. The molecule has 6 nitrogen and oxygen atoms in total. The molecule has 0 N–H and O–H groups in total. The van der Waals surface area contributed by atoms with Crippen LogP contribution in [0.2, 0.25) is 5.02 Å². The maximum Gasteiger partial charge on any atom is 0.289 e. The number of carbonyl (C=O) groups is 1. The van der Waals surface area contributed by atoms with Gasteiger partial charge in [0.05, 0.1) is 17.8 Å². The highest BCUT2D eigenvalue weighted by Gasteiger charge is 2.34. The molecule has 0 saturated carbocycles. The molecule has 0 bridgehead atoms. The molecule has 2 aromatic rings. The summed E-state index contributed by atoms with van der Waals surface area (Å²) >= 11 is 5.84. The maximum atomic E-state index is 12.6. The van der Waals surface area contributed by atoms with E-state index in [0.717, 1.165) is 13.1 Å². The number of hydrogen-bond donors (Lipinski definition) is 0. The first-order valence-corrected chi connectivity index (χ1v) is 8.04. The molecule has 1 fully saturated rings. The van der Waals surface area contributed by atoms with Crippen molar-refractivity contribution in [1.29, 1.82) is 0 Å². The van der Waals surface area contributed by atoms with Gasteiger partial charge in [-0.1, -0.05) is 18.5 Å². The van der Waals surface area contributed by atoms with Crippen molar-refractivity contribution in [3.63, 3.8) is 0 Å². The molecule has 0 spiro atoms. The number of halogens is 1. The summed E-state index contributed by atoms with van der Waals surface area (Å²) in [5.74, 6) is 1.47. The fourth-order valence-electron chi connectivity index (χ4n) is 3.11. The molecule has 7 heteroatoms. The Morgan fingerprint density at radius 3 is 2.83 bits per heavy atom. The van der Waals surface area contributed by atoms with Gasteiger partial charge in [-0.2, -0.15) is 5.10 Å². The molecule has 23 heavy (non-hydrogen) atoms. The van der Waals surface area contributed by atoms with Gasteiger partial charge >= 0.3 is 0 Å². The van der Waals surface area contributed by atoms with Crippen molar-refractivity contribution in [2.24, 2.45) is 5.92 Å². The Balaban J connectivity index is 1.67. The normalized spacial score (nSPS) is 21.3. The second-order valence-corrected chi connectivity index (χ2v) is 6.78. The topological polar surface area (TPSA) is 54.5 Å². The van der Waals surface area contributed by atoms with Crippen molar-refractivity contribution in [3.05, 3.63) is 41.1 Å². The van der Waals surface area contributed by atoms with E-state index in [1.54, 1.807) is 23.1 Å². The largest absolute Gasteiger partial charge is 0.454 e. The number of nitrogens with zero attached hydrogens (tertiary/aromatic N) is 4. The van der Waals surface area contributed by atoms with Gasteiger partial charge in [0, 0.05) is 25.3 Å². The van der Waals surface area contributed by atoms with Gasteiger partial charge in [0.1, 0.15) is 5.76 Å². The van der Waals surface area contributed by atoms with Crippen LogP contribution in [-0.4, -0.2) is 58.7 Å². The van der Waals surface area contributed by atoms with Crippen molar-refractivity contribution in [3.8, 4) is 0 Å². The number of hydrogen-bond acceptors (Lipinski definition) is 4. The van der Waals surface area contributed by atoms with Crippen LogP contribution in [0, 0.1) is 5.92 Å². The fraction of sp³-hybridized carbons (Fsp3) is 0.500. The molecule has 0 aromatic carbocycles. The summed E-state index contributed by atoms with van der Waals surface area (Å²) in [6.07, 6.45) is 3.29. The van der Waals surface area contributed by atoms with Crippen LogP contribution < -0.4 is 0 Å². The van der Waals surface area contributed by atoms with E-state index in [2.05, 4.69) is 31.0 Å². The van der Waals surface area contributed by atoms with E-state index in [9.17, 15) is 4.79 Å². The standard InChI is InChI=1S/C16H21ClN4O2/c1-11-7-20(10-14(11)19(2)3)16(22)15-5-4-13(23-15)9-21-8-12(17)6-18-21/h4-6,8,11,14H,7,9-10H2,1-3H3/t11-,14-/m1/s1. The quantitative estimate of drug-likeness (QED) is 0.859. The van der Waals surface area contributed by atoms with Crippen LogP contribution in [0.25, 0.3) is 0 Å². The van der Waals surface area contributed by atoms with Gasteiger partial charge in [0.15, 0.2) is 5.76 Å². The minimum Gasteiger partial charge on any atom is -0.454 e. The third kappa shape index (κ3) is 3.43. The minimum absolute atomic E-state index is 0.0500. The SMILES string of the molecule is C[C@@H]1CN(C(=O)c2ccc(Cn3cc(Cl)cn3)o2)C[C@H]1N(C)C. The summed E-state index contributed by atoms with van der Waals surface area (Å²) in [4.78, 5) is 16.6. The number of rotatable bonds is 4. The van der Waals surface area contributed by atoms with Crippen molar-refractivity contribution in [2.45, 2.75) is 19.5 Å². The number of furan rings is 1. The third-order valence-corrected chi connectivity index (χ3v) is 4.51. The van der Waals surface area contributed by atoms with Crippen LogP contribution in [0.1, 0.15) is 23.2 Å². The van der Waals surface area contributed by atoms with Gasteiger partial charge in [-0.3, -0.25) is 9.48 Å². The van der Waals surface area contributed by atoms with Crippen LogP contribution in [-0.2, 0) is 6.54 Å². The Kier molecular flexibility index (Phi) is 4.46. The molecule has 1 aliphatic heterocycles. The second kappa shape index (κ2) is 6.37. The van der Waals surface area contributed by atoms with Crippen molar-refractivity contribution < 1.29 is 9.21 Å². The molecule has 2 atom stereocenters. The Morgan fingerprint density at radius 2 is 2.22 bits per heavy atom. The highest BCUT2D eigenvalue weighted by Crippen LogP contribution is 2.22. The van der Waals surface area contributed by atoms with Gasteiger partial charge < -0.3 is 14.2 Å². The number of likely N-dealkylation sites (N-methyl/N-ethyl adjacent to an activating group) is 1. The molecule has 2 aromatic heterocycles. The van der Waals surface area contributed by atoms with Crippen LogP contribution in [0.4, 0.5) is 0 Å². The van der Waals surface area contributed by atoms with E-state index >= 15 is 0 Å². The van der Waals surface area contributed by atoms with Crippen LogP contribution in [0.3, 0.4) is 0 Å². The lowest BCUT2D eigenvalue weighted by Crippen LogP contribution is -2.35. The van der Waals surface area contributed by atoms with Crippen molar-refractivity contribution in [1.82, 2.24) is 19.6 Å². The first kappa shape index (κ1) is 16.1. The van der Waals surface area contributed by atoms with Crippen LogP contribution >= 0.6 is 11.6 Å². The Labute approximate surface area is 140 Å². The zero-order chi connectivity index (χ0) is 16.6. The van der Waals surface area contributed by atoms with E-state index in [1.807, 2.05) is 11.0 Å². The van der Waals surface area contributed by atoms with Crippen LogP contribution in [0.15, 0.2) is 28.9 Å². The molecule has 1 aliphatic rings. The lowest BCUT2D eigenvalue weighted by molar-refractivity contribution is 0.0747. The summed E-state index contributed by atoms with van der Waals surface area (Å²) in [5, 5.41) is 4.68. The number of carbonyl (C=O) groups excluding carboxylic acids is 1. The average Bonchev–Trinajstić information content (AvgIpc) is 3.19. The number of aromatic nitrogens is 2. The molecule has 124 valence electrons. The summed E-state index contributed by atoms with van der Waals surface area (Å²) in [5.41, 5.74) is 0. The van der Waals surface area contributed by atoms with E-state index in [-0.39, 0.29) is 5.91 Å². The van der Waals surface area contributed by atoms with Crippen LogP contribution in [0.5, 0.6) is 0 Å². The highest BCUT2D eigenvalue weighted by molar-refractivity contribution is 6.30. The smallest absolute Gasteiger partial charge is 0.289 e. The second-order valence-electron chi connectivity index (χ2n) is 6.34. The third-order valence-electron chi connectivity index (χ3n) is 4.32. The zero-order valence-electron chi connectivity index (χ0n) is 13.6. The van der Waals surface area contributed by atoms with Gasteiger partial charge in [0.2, 0.25) is 0 Å². The van der Waals surface area contributed by atoms with E-state index in [0.29, 0.717) is 35.0 Å². The van der Waals surface area contributed by atoms with E-state index in [1.165, 1.54) is 0 Å². The molecular weight excluding hydrogens is 316 g/mol. The van der Waals surface area contributed by atoms with Gasteiger partial charge in [-0.05, 0) is 32.1 Å². The fourth-order valence-corrected chi connectivity index (χ4v) is 3.26. The van der Waals surface area contributed by atoms with Gasteiger partial charge in [-0.25, -0.2) is 0 Å². The van der Waals surface area contributed by atoms with Gasteiger partial charge in [-0.15, -0.1) is 0 Å². The number of likely N-dealkylation sites (tertiary alicyclic amines) is 1. The average molecular weight is 337 g/mol. The predicted octanol–water partition coefficient (Wildman–Crippen LogP) is 2.20. The molecule has 1 saturated heterocycles. The predicted molar refractivity (Wildman–Crippen MR) is 87.6 cm³/mol. The Bertz CT molecular complexity index is 694. The Morgan fingerprint density at radius 1 is 1.43 bits per heavy atom.